The molecule has 1 aromatic rings. The van der Waals surface area contributed by atoms with Crippen molar-refractivity contribution < 1.29 is 9.53 Å². The van der Waals surface area contributed by atoms with Gasteiger partial charge in [-0.1, -0.05) is 24.4 Å². The highest BCUT2D eigenvalue weighted by Gasteiger charge is 2.16. The molecule has 1 aliphatic rings. The third-order valence-electron chi connectivity index (χ3n) is 2.95. The topological polar surface area (TPSA) is 29.5 Å². The third kappa shape index (κ3) is 2.64. The number of thiocarbonyl (C=S) groups is 1. The van der Waals surface area contributed by atoms with E-state index in [1.807, 2.05) is 12.1 Å². The average Bonchev–Trinajstić information content (AvgIpc) is 2.91. The van der Waals surface area contributed by atoms with Crippen molar-refractivity contribution >= 4 is 23.2 Å². The molecule has 0 aromatic heterocycles. The molecule has 0 amide bonds. The van der Waals surface area contributed by atoms with Gasteiger partial charge in [0.05, 0.1) is 12.7 Å². The van der Waals surface area contributed by atoms with Crippen molar-refractivity contribution in [2.45, 2.75) is 12.8 Å². The molecule has 0 N–H and O–H groups in total. The molecule has 1 saturated heterocycles. The second kappa shape index (κ2) is 5.27. The van der Waals surface area contributed by atoms with Crippen LogP contribution in [0.2, 0.25) is 0 Å². The summed E-state index contributed by atoms with van der Waals surface area (Å²) in [6.07, 6.45) is 2.42. The second-order valence-electron chi connectivity index (χ2n) is 4.07. The molecule has 1 heterocycles. The number of benzene rings is 1. The Kier molecular flexibility index (Phi) is 3.74. The van der Waals surface area contributed by atoms with E-state index in [1.165, 1.54) is 20.0 Å². The summed E-state index contributed by atoms with van der Waals surface area (Å²) in [5, 5.41) is 0. The molecule has 17 heavy (non-hydrogen) atoms. The summed E-state index contributed by atoms with van der Waals surface area (Å²) in [5.41, 5.74) is 1.55. The first kappa shape index (κ1) is 12.0. The molecule has 90 valence electrons. The molecule has 0 atom stereocenters. The number of rotatable bonds is 2. The summed E-state index contributed by atoms with van der Waals surface area (Å²) < 4.78 is 4.65. The van der Waals surface area contributed by atoms with Gasteiger partial charge in [-0.3, -0.25) is 0 Å². The van der Waals surface area contributed by atoms with Gasteiger partial charge in [-0.25, -0.2) is 4.79 Å². The largest absolute Gasteiger partial charge is 0.465 e. The van der Waals surface area contributed by atoms with E-state index in [0.29, 0.717) is 5.56 Å². The fourth-order valence-corrected chi connectivity index (χ4v) is 2.29. The Morgan fingerprint density at radius 1 is 1.18 bits per heavy atom. The molecule has 2 rings (SSSR count). The lowest BCUT2D eigenvalue weighted by molar-refractivity contribution is 0.0601. The number of ether oxygens (including phenoxy) is 1. The first-order chi connectivity index (χ1) is 8.22. The Morgan fingerprint density at radius 3 is 2.24 bits per heavy atom. The predicted molar refractivity (Wildman–Crippen MR) is 70.3 cm³/mol. The van der Waals surface area contributed by atoms with E-state index in [0.717, 1.165) is 23.6 Å². The zero-order valence-electron chi connectivity index (χ0n) is 9.81. The minimum absolute atomic E-state index is 0.316. The van der Waals surface area contributed by atoms with E-state index in [-0.39, 0.29) is 5.97 Å². The maximum Gasteiger partial charge on any atom is 0.337 e. The Bertz CT molecular complexity index is 422. The predicted octanol–water partition coefficient (Wildman–Crippen LogP) is 2.24. The van der Waals surface area contributed by atoms with Gasteiger partial charge >= 0.3 is 5.97 Å². The summed E-state index contributed by atoms with van der Waals surface area (Å²) in [7, 11) is 1.38. The van der Waals surface area contributed by atoms with E-state index in [2.05, 4.69) is 9.64 Å². The third-order valence-corrected chi connectivity index (χ3v) is 3.44. The van der Waals surface area contributed by atoms with Crippen LogP contribution in [-0.2, 0) is 4.74 Å². The zero-order chi connectivity index (χ0) is 12.3. The second-order valence-corrected chi connectivity index (χ2v) is 4.45. The number of nitrogens with zero attached hydrogens (tertiary/aromatic N) is 1. The number of hydrogen-bond acceptors (Lipinski definition) is 3. The van der Waals surface area contributed by atoms with Gasteiger partial charge in [-0.2, -0.15) is 0 Å². The normalized spacial score (nSPS) is 14.8. The summed E-state index contributed by atoms with van der Waals surface area (Å²) in [4.78, 5) is 14.4. The zero-order valence-corrected chi connectivity index (χ0v) is 10.6. The van der Waals surface area contributed by atoms with E-state index >= 15 is 0 Å². The van der Waals surface area contributed by atoms with Crippen LogP contribution in [0, 0.1) is 0 Å². The van der Waals surface area contributed by atoms with Gasteiger partial charge < -0.3 is 9.64 Å². The van der Waals surface area contributed by atoms with Gasteiger partial charge in [0.1, 0.15) is 4.99 Å². The van der Waals surface area contributed by atoms with Crippen LogP contribution in [0.4, 0.5) is 0 Å². The lowest BCUT2D eigenvalue weighted by Crippen LogP contribution is -2.26. The summed E-state index contributed by atoms with van der Waals surface area (Å²) in [6, 6.07) is 7.27. The Balaban J connectivity index is 2.11. The van der Waals surface area contributed by atoms with Gasteiger partial charge in [0, 0.05) is 18.7 Å². The van der Waals surface area contributed by atoms with Gasteiger partial charge in [-0.15, -0.1) is 0 Å². The highest BCUT2D eigenvalue weighted by atomic mass is 32.1. The van der Waals surface area contributed by atoms with Crippen molar-refractivity contribution in [1.29, 1.82) is 0 Å². The summed E-state index contributed by atoms with van der Waals surface area (Å²) in [5.74, 6) is -0.316. The molecule has 1 aliphatic heterocycles. The number of esters is 1. The van der Waals surface area contributed by atoms with Crippen LogP contribution in [-0.4, -0.2) is 36.1 Å². The van der Waals surface area contributed by atoms with Crippen LogP contribution in [0.1, 0.15) is 28.8 Å². The van der Waals surface area contributed by atoms with Crippen molar-refractivity contribution in [3.63, 3.8) is 0 Å². The van der Waals surface area contributed by atoms with Crippen LogP contribution >= 0.6 is 12.2 Å². The van der Waals surface area contributed by atoms with Gasteiger partial charge in [0.15, 0.2) is 0 Å². The first-order valence-corrected chi connectivity index (χ1v) is 6.11. The Labute approximate surface area is 106 Å². The summed E-state index contributed by atoms with van der Waals surface area (Å²) in [6.45, 7) is 2.08. The number of methoxy groups -OCH3 is 1. The lowest BCUT2D eigenvalue weighted by atomic mass is 10.1. The standard InChI is InChI=1S/C13H15NO2S/c1-16-13(15)11-6-4-10(5-7-11)12(17)14-8-2-3-9-14/h4-7H,2-3,8-9H2,1H3. The van der Waals surface area contributed by atoms with E-state index in [1.54, 1.807) is 12.1 Å². The minimum Gasteiger partial charge on any atom is -0.465 e. The van der Waals surface area contributed by atoms with Gasteiger partial charge in [0.25, 0.3) is 0 Å². The fraction of sp³-hybridized carbons (Fsp3) is 0.385. The summed E-state index contributed by atoms with van der Waals surface area (Å²) >= 11 is 5.43. The molecular weight excluding hydrogens is 234 g/mol. The van der Waals surface area contributed by atoms with E-state index in [4.69, 9.17) is 12.2 Å². The number of carbonyl (C=O) groups is 1. The van der Waals surface area contributed by atoms with Crippen LogP contribution in [0.3, 0.4) is 0 Å². The first-order valence-electron chi connectivity index (χ1n) is 5.70. The Hall–Kier alpha value is -1.42. The SMILES string of the molecule is COC(=O)c1ccc(C(=S)N2CCCC2)cc1. The molecule has 3 nitrogen and oxygen atoms in total. The average molecular weight is 249 g/mol. The highest BCUT2D eigenvalue weighted by molar-refractivity contribution is 7.80. The van der Waals surface area contributed by atoms with Crippen molar-refractivity contribution in [1.82, 2.24) is 4.90 Å². The molecule has 0 unspecified atom stereocenters. The Morgan fingerprint density at radius 2 is 1.71 bits per heavy atom. The quantitative estimate of drug-likeness (QED) is 0.594. The van der Waals surface area contributed by atoms with E-state index < -0.39 is 0 Å². The molecule has 0 aliphatic carbocycles. The lowest BCUT2D eigenvalue weighted by Gasteiger charge is -2.18. The smallest absolute Gasteiger partial charge is 0.337 e. The highest BCUT2D eigenvalue weighted by Crippen LogP contribution is 2.14. The van der Waals surface area contributed by atoms with Gasteiger partial charge in [0.2, 0.25) is 0 Å². The van der Waals surface area contributed by atoms with Crippen LogP contribution in [0.15, 0.2) is 24.3 Å². The monoisotopic (exact) mass is 249 g/mol. The number of likely N-dealkylation sites (tertiary alicyclic amines) is 1. The molecule has 4 heteroatoms. The van der Waals surface area contributed by atoms with Crippen molar-refractivity contribution in [3.8, 4) is 0 Å². The molecule has 0 spiro atoms. The minimum atomic E-state index is -0.316. The molecule has 1 aromatic carbocycles. The maximum absolute atomic E-state index is 11.3. The molecule has 0 saturated carbocycles. The molecule has 1 fully saturated rings. The number of carbonyl (C=O) groups excluding carboxylic acids is 1. The van der Waals surface area contributed by atoms with Crippen molar-refractivity contribution in [3.05, 3.63) is 35.4 Å². The number of hydrogen-bond donors (Lipinski definition) is 0. The molecule has 0 bridgehead atoms. The van der Waals surface area contributed by atoms with E-state index in [9.17, 15) is 4.79 Å². The fourth-order valence-electron chi connectivity index (χ4n) is 1.97. The van der Waals surface area contributed by atoms with Gasteiger partial charge in [-0.05, 0) is 25.0 Å². The van der Waals surface area contributed by atoms with Crippen molar-refractivity contribution in [2.75, 3.05) is 20.2 Å². The van der Waals surface area contributed by atoms with Crippen LogP contribution < -0.4 is 0 Å². The van der Waals surface area contributed by atoms with Crippen LogP contribution in [0.5, 0.6) is 0 Å². The molecular formula is C13H15NO2S. The van der Waals surface area contributed by atoms with Crippen molar-refractivity contribution in [2.24, 2.45) is 0 Å². The van der Waals surface area contributed by atoms with Crippen LogP contribution in [0.25, 0.3) is 0 Å². The molecule has 0 radical (unpaired) electrons. The maximum atomic E-state index is 11.3.